The molecule has 90 valence electrons. The summed E-state index contributed by atoms with van der Waals surface area (Å²) in [4.78, 5) is 23.3. The molecule has 5 nitrogen and oxygen atoms in total. The lowest BCUT2D eigenvalue weighted by Gasteiger charge is -2.06. The molecule has 1 unspecified atom stereocenters. The normalized spacial score (nSPS) is 21.0. The Morgan fingerprint density at radius 1 is 1.35 bits per heavy atom. The monoisotopic (exact) mass is 254 g/mol. The largest absolute Gasteiger partial charge is 0.465 e. The molecule has 1 aromatic rings. The third-order valence-electron chi connectivity index (χ3n) is 2.51. The van der Waals surface area contributed by atoms with E-state index in [1.54, 1.807) is 13.0 Å². The van der Waals surface area contributed by atoms with Crippen molar-refractivity contribution in [2.45, 2.75) is 17.1 Å². The van der Waals surface area contributed by atoms with Gasteiger partial charge in [0.05, 0.1) is 11.5 Å². The number of hydrogen-bond donors (Lipinski definition) is 0. The summed E-state index contributed by atoms with van der Waals surface area (Å²) in [5.74, 6) is -1.72. The fourth-order valence-corrected chi connectivity index (χ4v) is 3.51. The van der Waals surface area contributed by atoms with Crippen molar-refractivity contribution in [3.63, 3.8) is 0 Å². The van der Waals surface area contributed by atoms with Crippen LogP contribution in [0.15, 0.2) is 29.2 Å². The third kappa shape index (κ3) is 1.64. The van der Waals surface area contributed by atoms with Crippen LogP contribution in [-0.2, 0) is 19.4 Å². The first kappa shape index (κ1) is 11.8. The summed E-state index contributed by atoms with van der Waals surface area (Å²) in [5, 5.41) is -1.74. The highest BCUT2D eigenvalue weighted by Gasteiger charge is 2.49. The Morgan fingerprint density at radius 2 is 2.00 bits per heavy atom. The molecule has 1 aromatic carbocycles. The zero-order valence-corrected chi connectivity index (χ0v) is 9.86. The molecule has 0 fully saturated rings. The fourth-order valence-electron chi connectivity index (χ4n) is 1.78. The highest BCUT2D eigenvalue weighted by atomic mass is 32.2. The van der Waals surface area contributed by atoms with Crippen LogP contribution in [0.1, 0.15) is 17.3 Å². The van der Waals surface area contributed by atoms with Crippen molar-refractivity contribution in [3.05, 3.63) is 29.8 Å². The van der Waals surface area contributed by atoms with E-state index in [0.29, 0.717) is 0 Å². The molecule has 1 aliphatic rings. The van der Waals surface area contributed by atoms with Crippen molar-refractivity contribution >= 4 is 21.6 Å². The molecule has 17 heavy (non-hydrogen) atoms. The molecule has 0 amide bonds. The van der Waals surface area contributed by atoms with E-state index in [2.05, 4.69) is 4.74 Å². The van der Waals surface area contributed by atoms with Crippen molar-refractivity contribution in [2.75, 3.05) is 6.61 Å². The number of ketones is 1. The third-order valence-corrected chi connectivity index (χ3v) is 4.50. The van der Waals surface area contributed by atoms with Gasteiger partial charge in [-0.2, -0.15) is 0 Å². The number of benzene rings is 1. The van der Waals surface area contributed by atoms with E-state index >= 15 is 0 Å². The van der Waals surface area contributed by atoms with Gasteiger partial charge < -0.3 is 4.74 Å². The second-order valence-electron chi connectivity index (χ2n) is 3.54. The van der Waals surface area contributed by atoms with E-state index in [0.717, 1.165) is 0 Å². The predicted molar refractivity (Wildman–Crippen MR) is 58.4 cm³/mol. The fraction of sp³-hybridized carbons (Fsp3) is 0.273. The molecule has 1 heterocycles. The number of esters is 1. The van der Waals surface area contributed by atoms with Crippen LogP contribution >= 0.6 is 0 Å². The number of carbonyl (C=O) groups is 2. The molecule has 0 saturated carbocycles. The molecule has 1 atom stereocenters. The maximum absolute atomic E-state index is 12.0. The van der Waals surface area contributed by atoms with E-state index in [9.17, 15) is 18.0 Å². The van der Waals surface area contributed by atoms with E-state index in [1.165, 1.54) is 18.2 Å². The molecular weight excluding hydrogens is 244 g/mol. The molecule has 0 aromatic heterocycles. The summed E-state index contributed by atoms with van der Waals surface area (Å²) in [5.41, 5.74) is 0.0607. The maximum atomic E-state index is 12.0. The summed E-state index contributed by atoms with van der Waals surface area (Å²) >= 11 is 0. The topological polar surface area (TPSA) is 77.5 Å². The molecule has 6 heteroatoms. The van der Waals surface area contributed by atoms with Crippen LogP contribution < -0.4 is 0 Å². The van der Waals surface area contributed by atoms with Gasteiger partial charge in [-0.05, 0) is 13.0 Å². The first-order valence-corrected chi connectivity index (χ1v) is 6.58. The molecule has 2 rings (SSSR count). The average molecular weight is 254 g/mol. The van der Waals surface area contributed by atoms with Crippen molar-refractivity contribution in [1.82, 2.24) is 0 Å². The Balaban J connectivity index is 2.55. The lowest BCUT2D eigenvalue weighted by Crippen LogP contribution is -2.33. The molecule has 0 radical (unpaired) electrons. The summed E-state index contributed by atoms with van der Waals surface area (Å²) in [6, 6.07) is 5.78. The van der Waals surface area contributed by atoms with Crippen LogP contribution in [0.4, 0.5) is 0 Å². The minimum absolute atomic E-state index is 0.0362. The highest BCUT2D eigenvalue weighted by Crippen LogP contribution is 2.31. The smallest absolute Gasteiger partial charge is 0.332 e. The summed E-state index contributed by atoms with van der Waals surface area (Å²) < 4.78 is 28.6. The average Bonchev–Trinajstić information content (AvgIpc) is 2.48. The second-order valence-corrected chi connectivity index (χ2v) is 5.54. The molecule has 0 bridgehead atoms. The number of hydrogen-bond acceptors (Lipinski definition) is 5. The Bertz CT molecular complexity index is 588. The Morgan fingerprint density at radius 3 is 2.59 bits per heavy atom. The summed E-state index contributed by atoms with van der Waals surface area (Å²) in [7, 11) is -3.94. The molecule has 0 N–H and O–H groups in total. The minimum Gasteiger partial charge on any atom is -0.465 e. The van der Waals surface area contributed by atoms with Crippen LogP contribution in [0.25, 0.3) is 0 Å². The van der Waals surface area contributed by atoms with Gasteiger partial charge in [0.15, 0.2) is 15.6 Å². The van der Waals surface area contributed by atoms with Crippen LogP contribution in [0.5, 0.6) is 0 Å². The van der Waals surface area contributed by atoms with Crippen LogP contribution in [0, 0.1) is 0 Å². The molecular formula is C11H10O5S. The first-order chi connectivity index (χ1) is 8.00. The van der Waals surface area contributed by atoms with Crippen LogP contribution in [-0.4, -0.2) is 32.0 Å². The van der Waals surface area contributed by atoms with Crippen LogP contribution in [0.3, 0.4) is 0 Å². The molecule has 0 spiro atoms. The Hall–Kier alpha value is -1.69. The lowest BCUT2D eigenvalue weighted by molar-refractivity contribution is -0.141. The van der Waals surface area contributed by atoms with Gasteiger partial charge in [0.2, 0.25) is 5.25 Å². The quantitative estimate of drug-likeness (QED) is 0.570. The summed E-state index contributed by atoms with van der Waals surface area (Å²) in [6.45, 7) is 1.59. The predicted octanol–water partition coefficient (Wildman–Crippen LogP) is 0.588. The second kappa shape index (κ2) is 3.96. The van der Waals surface area contributed by atoms with Gasteiger partial charge in [0.1, 0.15) is 0 Å². The first-order valence-electron chi connectivity index (χ1n) is 5.04. The molecule has 0 aliphatic carbocycles. The van der Waals surface area contributed by atoms with E-state index in [4.69, 9.17) is 0 Å². The van der Waals surface area contributed by atoms with Gasteiger partial charge in [-0.3, -0.25) is 9.59 Å². The van der Waals surface area contributed by atoms with Crippen molar-refractivity contribution in [3.8, 4) is 0 Å². The van der Waals surface area contributed by atoms with Gasteiger partial charge in [-0.25, -0.2) is 8.42 Å². The minimum atomic E-state index is -3.94. The number of fused-ring (bicyclic) bond motifs is 1. The van der Waals surface area contributed by atoms with Gasteiger partial charge in [-0.1, -0.05) is 18.2 Å². The van der Waals surface area contributed by atoms with Crippen molar-refractivity contribution < 1.29 is 22.7 Å². The highest BCUT2D eigenvalue weighted by molar-refractivity contribution is 7.94. The zero-order chi connectivity index (χ0) is 12.6. The van der Waals surface area contributed by atoms with E-state index in [-0.39, 0.29) is 17.1 Å². The molecule has 0 saturated heterocycles. The van der Waals surface area contributed by atoms with E-state index < -0.39 is 26.8 Å². The van der Waals surface area contributed by atoms with Gasteiger partial charge in [-0.15, -0.1) is 0 Å². The zero-order valence-electron chi connectivity index (χ0n) is 9.04. The maximum Gasteiger partial charge on any atom is 0.332 e. The van der Waals surface area contributed by atoms with Crippen molar-refractivity contribution in [1.29, 1.82) is 0 Å². The molecule has 1 aliphatic heterocycles. The summed E-state index contributed by atoms with van der Waals surface area (Å²) in [6.07, 6.45) is 0. The number of carbonyl (C=O) groups excluding carboxylic acids is 2. The Labute approximate surface area is 98.3 Å². The Kier molecular flexibility index (Phi) is 2.74. The van der Waals surface area contributed by atoms with Gasteiger partial charge in [0, 0.05) is 5.56 Å². The number of sulfone groups is 1. The number of Topliss-reactive ketones (excluding diaryl/α,β-unsaturated/α-hetero) is 1. The van der Waals surface area contributed by atoms with Crippen LogP contribution in [0.2, 0.25) is 0 Å². The van der Waals surface area contributed by atoms with E-state index in [1.807, 2.05) is 0 Å². The van der Waals surface area contributed by atoms with Gasteiger partial charge >= 0.3 is 5.97 Å². The number of ether oxygens (including phenoxy) is 1. The lowest BCUT2D eigenvalue weighted by atomic mass is 10.1. The standard InChI is InChI=1S/C11H10O5S/c1-2-16-11(13)10-9(12)7-5-3-4-6-8(7)17(10,14)15/h3-6,10H,2H2,1H3. The van der Waals surface area contributed by atoms with Crippen molar-refractivity contribution in [2.24, 2.45) is 0 Å². The number of rotatable bonds is 2. The van der Waals surface area contributed by atoms with Gasteiger partial charge in [0.25, 0.3) is 0 Å². The SMILES string of the molecule is CCOC(=O)C1C(=O)c2ccccc2S1(=O)=O.